The predicted octanol–water partition coefficient (Wildman–Crippen LogP) is 15.1. The molecule has 2 heterocycles. The standard InChI is InChI=1S/C33H48B2O4.C22H21Br2N/c1-3-5-7-9-11-13-19-33(20-14-12-10-8-6-4-2)31-25-27(34-36-21-22-37-34)15-17-29(31)30-18-16-28(26-32(30)33)35-38-23-24-39-35;1-3-16(2)17-4-10-20(11-5-17)25(21-12-6-18(23)7-13-21)22-14-8-19(24)9-15-22/h15-18,25-26H,3-14,19-24H2,1-2H3;4-16H,3H2,1-2H3. The number of fused-ring (bicyclic) bond motifs is 3. The third-order valence-corrected chi connectivity index (χ3v) is 14.7. The first-order valence-electron chi connectivity index (χ1n) is 24.5. The molecule has 0 saturated carbocycles. The summed E-state index contributed by atoms with van der Waals surface area (Å²) < 4.78 is 26.0. The summed E-state index contributed by atoms with van der Waals surface area (Å²) >= 11 is 7.05. The van der Waals surface area contributed by atoms with Gasteiger partial charge >= 0.3 is 14.2 Å². The van der Waals surface area contributed by atoms with Crippen molar-refractivity contribution in [3.05, 3.63) is 135 Å². The fourth-order valence-electron chi connectivity index (χ4n) is 9.82. The quantitative estimate of drug-likeness (QED) is 0.0541. The first kappa shape index (κ1) is 48.8. The van der Waals surface area contributed by atoms with Crippen LogP contribution in [0, 0.1) is 0 Å². The van der Waals surface area contributed by atoms with Gasteiger partial charge in [-0.2, -0.15) is 0 Å². The van der Waals surface area contributed by atoms with Gasteiger partial charge in [-0.1, -0.05) is 185 Å². The smallest absolute Gasteiger partial charge is 0.405 e. The predicted molar refractivity (Wildman–Crippen MR) is 278 cm³/mol. The summed E-state index contributed by atoms with van der Waals surface area (Å²) in [4.78, 5) is 2.28. The van der Waals surface area contributed by atoms with Gasteiger partial charge in [0.15, 0.2) is 0 Å². The topological polar surface area (TPSA) is 40.2 Å². The second kappa shape index (κ2) is 24.6. The number of rotatable bonds is 21. The van der Waals surface area contributed by atoms with Crippen LogP contribution in [-0.4, -0.2) is 40.7 Å². The minimum atomic E-state index is -0.240. The summed E-state index contributed by atoms with van der Waals surface area (Å²) in [5.74, 6) is 0.586. The van der Waals surface area contributed by atoms with Gasteiger partial charge in [-0.3, -0.25) is 0 Å². The molecule has 3 aliphatic rings. The largest absolute Gasteiger partial charge is 0.494 e. The Labute approximate surface area is 403 Å². The molecule has 0 N–H and O–H groups in total. The molecule has 0 radical (unpaired) electrons. The number of benzene rings is 5. The van der Waals surface area contributed by atoms with Crippen molar-refractivity contribution in [2.45, 2.75) is 135 Å². The van der Waals surface area contributed by atoms with Gasteiger partial charge in [0, 0.05) is 31.4 Å². The molecule has 2 aliphatic heterocycles. The zero-order valence-corrected chi connectivity index (χ0v) is 42.1. The molecular formula is C55H69B2Br2NO4. The molecule has 2 fully saturated rings. The zero-order valence-electron chi connectivity index (χ0n) is 38.9. The van der Waals surface area contributed by atoms with Gasteiger partial charge < -0.3 is 23.5 Å². The van der Waals surface area contributed by atoms with Gasteiger partial charge in [0.1, 0.15) is 0 Å². The third kappa shape index (κ3) is 12.2. The van der Waals surface area contributed by atoms with Crippen molar-refractivity contribution in [1.82, 2.24) is 0 Å². The fraction of sp³-hybridized carbons (Fsp3) is 0.455. The monoisotopic (exact) mass is 987 g/mol. The number of nitrogens with zero attached hydrogens (tertiary/aromatic N) is 1. The lowest BCUT2D eigenvalue weighted by Gasteiger charge is -2.33. The summed E-state index contributed by atoms with van der Waals surface area (Å²) in [6, 6.07) is 39.7. The molecule has 0 bridgehead atoms. The van der Waals surface area contributed by atoms with Crippen LogP contribution in [0.2, 0.25) is 0 Å². The molecule has 1 atom stereocenters. The highest BCUT2D eigenvalue weighted by atomic mass is 79.9. The molecule has 64 heavy (non-hydrogen) atoms. The van der Waals surface area contributed by atoms with E-state index < -0.39 is 0 Å². The first-order chi connectivity index (χ1) is 31.3. The molecular weight excluding hydrogens is 920 g/mol. The number of hydrogen-bond acceptors (Lipinski definition) is 5. The molecule has 1 unspecified atom stereocenters. The van der Waals surface area contributed by atoms with E-state index in [0.717, 1.165) is 43.4 Å². The lowest BCUT2D eigenvalue weighted by molar-refractivity contribution is 0.365. The van der Waals surface area contributed by atoms with Crippen molar-refractivity contribution >= 4 is 74.1 Å². The number of unbranched alkanes of at least 4 members (excludes halogenated alkanes) is 10. The van der Waals surface area contributed by atoms with Gasteiger partial charge in [0.25, 0.3) is 0 Å². The van der Waals surface area contributed by atoms with Crippen molar-refractivity contribution in [3.63, 3.8) is 0 Å². The van der Waals surface area contributed by atoms with E-state index in [9.17, 15) is 0 Å². The first-order valence-corrected chi connectivity index (χ1v) is 26.1. The van der Waals surface area contributed by atoms with Crippen LogP contribution in [0.1, 0.15) is 147 Å². The van der Waals surface area contributed by atoms with E-state index in [4.69, 9.17) is 18.6 Å². The second-order valence-corrected chi connectivity index (χ2v) is 19.9. The molecule has 0 spiro atoms. The SMILES string of the molecule is CCC(C)c1ccc(N(c2ccc(Br)cc2)c2ccc(Br)cc2)cc1.CCCCCCCCC1(CCCCCCCC)c2cc(B3OCCO3)ccc2-c2ccc(B3OCCO3)cc21. The van der Waals surface area contributed by atoms with Crippen LogP contribution in [0.5, 0.6) is 0 Å². The van der Waals surface area contributed by atoms with E-state index in [-0.39, 0.29) is 19.7 Å². The summed E-state index contributed by atoms with van der Waals surface area (Å²) in [6.45, 7) is 11.8. The normalized spacial score (nSPS) is 15.5. The van der Waals surface area contributed by atoms with Crippen LogP contribution in [-0.2, 0) is 24.0 Å². The van der Waals surface area contributed by atoms with Crippen LogP contribution in [0.25, 0.3) is 11.1 Å². The Morgan fingerprint density at radius 1 is 0.500 bits per heavy atom. The Bertz CT molecular complexity index is 2040. The van der Waals surface area contributed by atoms with Crippen molar-refractivity contribution in [3.8, 4) is 11.1 Å². The number of hydrogen-bond donors (Lipinski definition) is 0. The molecule has 8 rings (SSSR count). The summed E-state index contributed by atoms with van der Waals surface area (Å²) in [7, 11) is -0.480. The third-order valence-electron chi connectivity index (χ3n) is 13.6. The molecule has 2 saturated heterocycles. The Balaban J connectivity index is 0.000000211. The molecule has 0 aromatic heterocycles. The summed E-state index contributed by atoms with van der Waals surface area (Å²) in [5, 5.41) is 0. The lowest BCUT2D eigenvalue weighted by atomic mass is 9.67. The average Bonchev–Trinajstić information content (AvgIpc) is 4.12. The molecule has 338 valence electrons. The number of anilines is 3. The van der Waals surface area contributed by atoms with Crippen LogP contribution >= 0.6 is 31.9 Å². The van der Waals surface area contributed by atoms with Crippen molar-refractivity contribution < 1.29 is 18.6 Å². The Morgan fingerprint density at radius 3 is 1.27 bits per heavy atom. The average molecular weight is 990 g/mol. The molecule has 5 aromatic carbocycles. The zero-order chi connectivity index (χ0) is 44.7. The van der Waals surface area contributed by atoms with E-state index in [1.165, 1.54) is 118 Å². The van der Waals surface area contributed by atoms with Crippen LogP contribution in [0.4, 0.5) is 17.1 Å². The maximum absolute atomic E-state index is 5.95. The van der Waals surface area contributed by atoms with Crippen LogP contribution < -0.4 is 15.8 Å². The van der Waals surface area contributed by atoms with Crippen LogP contribution in [0.3, 0.4) is 0 Å². The highest BCUT2D eigenvalue weighted by Crippen LogP contribution is 2.54. The van der Waals surface area contributed by atoms with E-state index in [0.29, 0.717) is 32.3 Å². The highest BCUT2D eigenvalue weighted by molar-refractivity contribution is 9.10. The van der Waals surface area contributed by atoms with Crippen molar-refractivity contribution in [2.75, 3.05) is 31.3 Å². The van der Waals surface area contributed by atoms with E-state index in [1.807, 2.05) is 0 Å². The highest BCUT2D eigenvalue weighted by Gasteiger charge is 2.44. The van der Waals surface area contributed by atoms with Crippen LogP contribution in [0.15, 0.2) is 118 Å². The molecule has 1 aliphatic carbocycles. The Kier molecular flexibility index (Phi) is 18.7. The Morgan fingerprint density at radius 2 is 0.875 bits per heavy atom. The molecule has 5 aromatic rings. The fourth-order valence-corrected chi connectivity index (χ4v) is 10.3. The summed E-state index contributed by atoms with van der Waals surface area (Å²) in [6.07, 6.45) is 19.4. The maximum atomic E-state index is 5.95. The van der Waals surface area contributed by atoms with Gasteiger partial charge in [0.2, 0.25) is 0 Å². The second-order valence-electron chi connectivity index (χ2n) is 18.1. The van der Waals surface area contributed by atoms with Gasteiger partial charge in [-0.15, -0.1) is 0 Å². The lowest BCUT2D eigenvalue weighted by Crippen LogP contribution is -2.35. The van der Waals surface area contributed by atoms with Crippen molar-refractivity contribution in [1.29, 1.82) is 0 Å². The maximum Gasteiger partial charge on any atom is 0.494 e. The minimum Gasteiger partial charge on any atom is -0.405 e. The van der Waals surface area contributed by atoms with Gasteiger partial charge in [-0.05, 0) is 125 Å². The van der Waals surface area contributed by atoms with E-state index >= 15 is 0 Å². The van der Waals surface area contributed by atoms with E-state index in [1.54, 1.807) is 0 Å². The van der Waals surface area contributed by atoms with Crippen molar-refractivity contribution in [2.24, 2.45) is 0 Å². The summed E-state index contributed by atoms with van der Waals surface area (Å²) in [5.41, 5.74) is 12.9. The van der Waals surface area contributed by atoms with E-state index in [2.05, 4.69) is 174 Å². The van der Waals surface area contributed by atoms with Gasteiger partial charge in [-0.25, -0.2) is 0 Å². The van der Waals surface area contributed by atoms with Gasteiger partial charge in [0.05, 0.1) is 26.4 Å². The number of halogens is 2. The molecule has 0 amide bonds. The molecule has 9 heteroatoms. The minimum absolute atomic E-state index is 0.0173. The Hall–Kier alpha value is -3.17. The molecule has 5 nitrogen and oxygen atoms in total.